The second-order valence-electron chi connectivity index (χ2n) is 3.76. The molecule has 0 unspecified atom stereocenters. The van der Waals surface area contributed by atoms with Crippen molar-refractivity contribution in [2.45, 2.75) is 19.8 Å². The molecule has 0 spiro atoms. The lowest BCUT2D eigenvalue weighted by atomic mass is 10.1. The van der Waals surface area contributed by atoms with Crippen molar-refractivity contribution in [1.82, 2.24) is 0 Å². The van der Waals surface area contributed by atoms with Gasteiger partial charge in [-0.2, -0.15) is 8.42 Å². The van der Waals surface area contributed by atoms with Gasteiger partial charge in [-0.05, 0) is 30.2 Å². The molecule has 6 N–H and O–H groups in total. The van der Waals surface area contributed by atoms with Gasteiger partial charge in [0.05, 0.1) is 6.61 Å². The highest BCUT2D eigenvalue weighted by Crippen LogP contribution is 2.18. The van der Waals surface area contributed by atoms with E-state index in [-0.39, 0.29) is 6.61 Å². The predicted octanol–water partition coefficient (Wildman–Crippen LogP) is 0.973. The molecule has 0 aliphatic heterocycles. The van der Waals surface area contributed by atoms with Gasteiger partial charge < -0.3 is 16.2 Å². The molecular weight excluding hydrogens is 272 g/mol. The highest BCUT2D eigenvalue weighted by molar-refractivity contribution is 7.79. The first-order valence-electron chi connectivity index (χ1n) is 5.71. The average Bonchev–Trinajstić information content (AvgIpc) is 2.28. The van der Waals surface area contributed by atoms with Crippen LogP contribution in [0, 0.1) is 0 Å². The third kappa shape index (κ3) is 10.3. The van der Waals surface area contributed by atoms with Gasteiger partial charge >= 0.3 is 10.4 Å². The molecule has 0 saturated carbocycles. The van der Waals surface area contributed by atoms with Crippen LogP contribution in [0.4, 0.5) is 11.4 Å². The molecule has 0 aliphatic rings. The van der Waals surface area contributed by atoms with Crippen LogP contribution in [0.5, 0.6) is 0 Å². The lowest BCUT2D eigenvalue weighted by Gasteiger charge is -2.09. The molecule has 0 amide bonds. The Labute approximate surface area is 113 Å². The number of aryl methyl sites for hydroxylation is 1. The summed E-state index contributed by atoms with van der Waals surface area (Å²) < 4.78 is 31.6. The molecule has 0 heterocycles. The van der Waals surface area contributed by atoms with E-state index < -0.39 is 10.4 Å². The maximum atomic E-state index is 8.74. The fourth-order valence-corrected chi connectivity index (χ4v) is 1.40. The molecule has 0 saturated heterocycles. The first-order valence-corrected chi connectivity index (χ1v) is 7.10. The number of hydrogen-bond acceptors (Lipinski definition) is 5. The van der Waals surface area contributed by atoms with Gasteiger partial charge in [-0.25, -0.2) is 0 Å². The third-order valence-electron chi connectivity index (χ3n) is 2.10. The molecule has 0 aromatic heterocycles. The fourth-order valence-electron chi connectivity index (χ4n) is 1.40. The second kappa shape index (κ2) is 8.70. The Morgan fingerprint density at radius 2 is 1.89 bits per heavy atom. The van der Waals surface area contributed by atoms with E-state index in [0.717, 1.165) is 24.2 Å². The fraction of sp³-hybridized carbons (Fsp3) is 0.455. The molecule has 19 heavy (non-hydrogen) atoms. The zero-order chi connectivity index (χ0) is 14.9. The number of anilines is 2. The van der Waals surface area contributed by atoms with Crippen molar-refractivity contribution in [2.75, 3.05) is 24.2 Å². The molecule has 0 bridgehead atoms. The van der Waals surface area contributed by atoms with Gasteiger partial charge in [-0.3, -0.25) is 9.11 Å². The number of rotatable bonds is 5. The number of nitrogens with two attached hydrogens (primary N) is 1. The highest BCUT2D eigenvalue weighted by atomic mass is 32.3. The molecule has 7 nitrogen and oxygen atoms in total. The number of benzene rings is 1. The molecule has 0 radical (unpaired) electrons. The minimum atomic E-state index is -4.67. The Bertz CT molecular complexity index is 468. The quantitative estimate of drug-likeness (QED) is 0.403. The molecule has 8 heteroatoms. The van der Waals surface area contributed by atoms with Crippen LogP contribution in [-0.2, 0) is 16.8 Å². The van der Waals surface area contributed by atoms with Gasteiger partial charge in [-0.15, -0.1) is 0 Å². The van der Waals surface area contributed by atoms with Crippen molar-refractivity contribution >= 4 is 21.8 Å². The Hall–Kier alpha value is -1.35. The SMILES string of the molecule is CCCc1cc(NCCO)ccc1N.O=S(=O)(O)O. The van der Waals surface area contributed by atoms with Gasteiger partial charge in [0.2, 0.25) is 0 Å². The standard InChI is InChI=1S/C11H18N2O.H2O4S/c1-2-3-9-8-10(13-6-7-14)4-5-11(9)12;1-5(2,3)4/h4-5,8,13-14H,2-3,6-7,12H2,1H3;(H2,1,2,3,4). The number of aliphatic hydroxyl groups is 1. The van der Waals surface area contributed by atoms with Crippen molar-refractivity contribution in [1.29, 1.82) is 0 Å². The van der Waals surface area contributed by atoms with E-state index in [1.165, 1.54) is 5.56 Å². The molecule has 1 aromatic rings. The summed E-state index contributed by atoms with van der Waals surface area (Å²) in [6.45, 7) is 2.86. The molecule has 0 aliphatic carbocycles. The summed E-state index contributed by atoms with van der Waals surface area (Å²) in [5.41, 5.74) is 8.88. The number of nitrogens with one attached hydrogen (secondary N) is 1. The first-order chi connectivity index (χ1) is 8.77. The maximum Gasteiger partial charge on any atom is 0.394 e. The summed E-state index contributed by atoms with van der Waals surface area (Å²) in [6, 6.07) is 5.89. The summed E-state index contributed by atoms with van der Waals surface area (Å²) in [7, 11) is -4.67. The van der Waals surface area contributed by atoms with Crippen LogP contribution in [0.1, 0.15) is 18.9 Å². The van der Waals surface area contributed by atoms with E-state index in [1.807, 2.05) is 12.1 Å². The summed E-state index contributed by atoms with van der Waals surface area (Å²) >= 11 is 0. The zero-order valence-electron chi connectivity index (χ0n) is 10.7. The average molecular weight is 292 g/mol. The van der Waals surface area contributed by atoms with Crippen LogP contribution in [0.2, 0.25) is 0 Å². The third-order valence-corrected chi connectivity index (χ3v) is 2.10. The zero-order valence-corrected chi connectivity index (χ0v) is 11.5. The molecule has 110 valence electrons. The van der Waals surface area contributed by atoms with Crippen LogP contribution in [0.25, 0.3) is 0 Å². The lowest BCUT2D eigenvalue weighted by Crippen LogP contribution is -2.06. The Kier molecular flexibility index (Phi) is 8.08. The normalized spacial score (nSPS) is 10.5. The van der Waals surface area contributed by atoms with Crippen LogP contribution in [0.15, 0.2) is 18.2 Å². The summed E-state index contributed by atoms with van der Waals surface area (Å²) in [5, 5.41) is 11.8. The molecule has 0 fully saturated rings. The van der Waals surface area contributed by atoms with Crippen molar-refractivity contribution < 1.29 is 22.6 Å². The summed E-state index contributed by atoms with van der Waals surface area (Å²) in [5.74, 6) is 0. The van der Waals surface area contributed by atoms with E-state index >= 15 is 0 Å². The van der Waals surface area contributed by atoms with Gasteiger partial charge in [0.25, 0.3) is 0 Å². The van der Waals surface area contributed by atoms with Crippen molar-refractivity contribution in [3.05, 3.63) is 23.8 Å². The number of hydrogen-bond donors (Lipinski definition) is 5. The van der Waals surface area contributed by atoms with Gasteiger partial charge in [0.1, 0.15) is 0 Å². The molecular formula is C11H20N2O5S. The van der Waals surface area contributed by atoms with Crippen LogP contribution in [0.3, 0.4) is 0 Å². The van der Waals surface area contributed by atoms with Crippen LogP contribution < -0.4 is 11.1 Å². The summed E-state index contributed by atoms with van der Waals surface area (Å²) in [4.78, 5) is 0. The van der Waals surface area contributed by atoms with E-state index in [1.54, 1.807) is 0 Å². The second-order valence-corrected chi connectivity index (χ2v) is 4.66. The molecule has 1 rings (SSSR count). The van der Waals surface area contributed by atoms with Crippen molar-refractivity contribution in [3.63, 3.8) is 0 Å². The molecule has 1 aromatic carbocycles. The van der Waals surface area contributed by atoms with Crippen LogP contribution in [-0.4, -0.2) is 35.8 Å². The van der Waals surface area contributed by atoms with Gasteiger partial charge in [0, 0.05) is 17.9 Å². The van der Waals surface area contributed by atoms with Crippen LogP contribution >= 0.6 is 0 Å². The van der Waals surface area contributed by atoms with Crippen molar-refractivity contribution in [2.24, 2.45) is 0 Å². The highest BCUT2D eigenvalue weighted by Gasteiger charge is 1.99. The minimum Gasteiger partial charge on any atom is -0.399 e. The monoisotopic (exact) mass is 292 g/mol. The summed E-state index contributed by atoms with van der Waals surface area (Å²) in [6.07, 6.45) is 2.09. The molecule has 0 atom stereocenters. The Morgan fingerprint density at radius 1 is 1.32 bits per heavy atom. The Balaban J connectivity index is 0.000000555. The van der Waals surface area contributed by atoms with Gasteiger partial charge in [-0.1, -0.05) is 13.3 Å². The smallest absolute Gasteiger partial charge is 0.394 e. The number of aliphatic hydroxyl groups excluding tert-OH is 1. The minimum absolute atomic E-state index is 0.146. The Morgan fingerprint density at radius 3 is 2.37 bits per heavy atom. The predicted molar refractivity (Wildman–Crippen MR) is 74.6 cm³/mol. The first kappa shape index (κ1) is 17.6. The largest absolute Gasteiger partial charge is 0.399 e. The van der Waals surface area contributed by atoms with E-state index in [9.17, 15) is 0 Å². The van der Waals surface area contributed by atoms with Gasteiger partial charge in [0.15, 0.2) is 0 Å². The topological polar surface area (TPSA) is 133 Å². The maximum absolute atomic E-state index is 8.74. The van der Waals surface area contributed by atoms with E-state index in [2.05, 4.69) is 18.3 Å². The lowest BCUT2D eigenvalue weighted by molar-refractivity contribution is 0.311. The number of nitrogen functional groups attached to an aromatic ring is 1. The van der Waals surface area contributed by atoms with E-state index in [0.29, 0.717) is 6.54 Å². The van der Waals surface area contributed by atoms with E-state index in [4.69, 9.17) is 28.4 Å². The van der Waals surface area contributed by atoms with Crippen molar-refractivity contribution in [3.8, 4) is 0 Å².